The molecule has 0 spiro atoms. The molecule has 0 saturated heterocycles. The van der Waals surface area contributed by atoms with E-state index < -0.39 is 0 Å². The van der Waals surface area contributed by atoms with Gasteiger partial charge in [0.1, 0.15) is 0 Å². The molecule has 0 aliphatic carbocycles. The van der Waals surface area contributed by atoms with Crippen molar-refractivity contribution in [1.82, 2.24) is 0 Å². The van der Waals surface area contributed by atoms with Crippen LogP contribution in [0, 0.1) is 0 Å². The van der Waals surface area contributed by atoms with Gasteiger partial charge >= 0.3 is 0 Å². The monoisotopic (exact) mass is 292 g/mol. The van der Waals surface area contributed by atoms with Crippen LogP contribution in [0.1, 0.15) is 0 Å². The Kier molecular flexibility index (Phi) is 2.88. The third-order valence-electron chi connectivity index (χ3n) is 1.75. The summed E-state index contributed by atoms with van der Waals surface area (Å²) in [7, 11) is 0. The molecule has 2 aromatic rings. The predicted molar refractivity (Wildman–Crippen MR) is 66.3 cm³/mol. The molecule has 0 amide bonds. The van der Waals surface area contributed by atoms with E-state index in [1.165, 1.54) is 8.91 Å². The van der Waals surface area contributed by atoms with E-state index in [4.69, 9.17) is 11.6 Å². The normalized spacial score (nSPS) is 11.0. The van der Waals surface area contributed by atoms with Crippen LogP contribution < -0.4 is 0 Å². The fourth-order valence-corrected chi connectivity index (χ4v) is 3.77. The van der Waals surface area contributed by atoms with Crippen molar-refractivity contribution in [2.24, 2.45) is 0 Å². The lowest BCUT2D eigenvalue weighted by Crippen LogP contribution is -1.65. The van der Waals surface area contributed by atoms with Crippen molar-refractivity contribution in [2.45, 2.75) is 4.21 Å². The maximum Gasteiger partial charge on any atom is 0.0795 e. The Morgan fingerprint density at radius 3 is 2.92 bits per heavy atom. The van der Waals surface area contributed by atoms with Crippen LogP contribution in [0.15, 0.2) is 26.9 Å². The maximum atomic E-state index is 6.20. The first kappa shape index (κ1) is 9.84. The predicted octanol–water partition coefficient (Wildman–Crippen LogP) is 5.04. The lowest BCUT2D eigenvalue weighted by atomic mass is 10.3. The minimum absolute atomic E-state index is 0.883. The second kappa shape index (κ2) is 3.81. The third kappa shape index (κ3) is 1.75. The molecule has 0 aliphatic rings. The zero-order valence-electron chi connectivity index (χ0n) is 6.80. The molecule has 68 valence electrons. The average molecular weight is 294 g/mol. The van der Waals surface area contributed by atoms with Crippen LogP contribution in [0.25, 0.3) is 10.1 Å². The molecular weight excluding hydrogens is 288 g/mol. The molecule has 0 unspecified atom stereocenters. The standard InChI is InChI=1S/C9H6BrClS2/c1-12-9-8(11)6-4-5(10)2-3-7(6)13-9/h2-4H,1H3. The fraction of sp³-hybridized carbons (Fsp3) is 0.111. The second-order valence-electron chi connectivity index (χ2n) is 2.55. The van der Waals surface area contributed by atoms with Gasteiger partial charge in [-0.2, -0.15) is 0 Å². The Morgan fingerprint density at radius 1 is 1.46 bits per heavy atom. The Bertz CT molecular complexity index is 450. The molecule has 1 heterocycles. The first-order valence-corrected chi connectivity index (χ1v) is 6.85. The summed E-state index contributed by atoms with van der Waals surface area (Å²) in [6, 6.07) is 6.20. The number of rotatable bonds is 1. The molecule has 0 saturated carbocycles. The maximum absolute atomic E-state index is 6.20. The van der Waals surface area contributed by atoms with E-state index in [9.17, 15) is 0 Å². The number of hydrogen-bond acceptors (Lipinski definition) is 2. The lowest BCUT2D eigenvalue weighted by molar-refractivity contribution is 1.72. The van der Waals surface area contributed by atoms with E-state index in [1.807, 2.05) is 12.3 Å². The highest BCUT2D eigenvalue weighted by Gasteiger charge is 2.08. The van der Waals surface area contributed by atoms with Gasteiger partial charge in [-0.05, 0) is 24.5 Å². The Hall–Kier alpha value is 0.300. The van der Waals surface area contributed by atoms with E-state index in [2.05, 4.69) is 28.1 Å². The Morgan fingerprint density at radius 2 is 2.23 bits per heavy atom. The zero-order valence-corrected chi connectivity index (χ0v) is 10.8. The van der Waals surface area contributed by atoms with Gasteiger partial charge in [-0.3, -0.25) is 0 Å². The van der Waals surface area contributed by atoms with Gasteiger partial charge in [-0.15, -0.1) is 23.1 Å². The molecule has 1 aromatic heterocycles. The van der Waals surface area contributed by atoms with Crippen LogP contribution in [0.2, 0.25) is 5.02 Å². The number of fused-ring (bicyclic) bond motifs is 1. The van der Waals surface area contributed by atoms with Crippen molar-refractivity contribution in [3.8, 4) is 0 Å². The fourth-order valence-electron chi connectivity index (χ4n) is 1.15. The molecule has 0 bridgehead atoms. The van der Waals surface area contributed by atoms with Gasteiger partial charge in [0.25, 0.3) is 0 Å². The minimum Gasteiger partial charge on any atom is -0.127 e. The molecular formula is C9H6BrClS2. The SMILES string of the molecule is CSc1sc2ccc(Br)cc2c1Cl. The number of thiophene rings is 1. The van der Waals surface area contributed by atoms with Crippen LogP contribution >= 0.6 is 50.6 Å². The molecule has 0 fully saturated rings. The second-order valence-corrected chi connectivity index (χ2v) is 5.97. The van der Waals surface area contributed by atoms with Crippen molar-refractivity contribution in [2.75, 3.05) is 6.26 Å². The van der Waals surface area contributed by atoms with Crippen LogP contribution in [-0.2, 0) is 0 Å². The van der Waals surface area contributed by atoms with E-state index in [0.717, 1.165) is 14.9 Å². The third-order valence-corrected chi connectivity index (χ3v) is 5.15. The van der Waals surface area contributed by atoms with E-state index in [-0.39, 0.29) is 0 Å². The number of thioether (sulfide) groups is 1. The van der Waals surface area contributed by atoms with E-state index >= 15 is 0 Å². The van der Waals surface area contributed by atoms with Gasteiger partial charge in [0.15, 0.2) is 0 Å². The summed E-state index contributed by atoms with van der Waals surface area (Å²) in [5, 5.41) is 2.03. The first-order valence-electron chi connectivity index (χ1n) is 3.64. The van der Waals surface area contributed by atoms with Gasteiger partial charge in [0.05, 0.1) is 9.23 Å². The summed E-state index contributed by atoms with van der Waals surface area (Å²) in [6.07, 6.45) is 2.05. The zero-order chi connectivity index (χ0) is 9.42. The average Bonchev–Trinajstić information content (AvgIpc) is 2.44. The number of hydrogen-bond donors (Lipinski definition) is 0. The highest BCUT2D eigenvalue weighted by molar-refractivity contribution is 9.10. The van der Waals surface area contributed by atoms with Crippen molar-refractivity contribution in [1.29, 1.82) is 0 Å². The first-order chi connectivity index (χ1) is 6.22. The van der Waals surface area contributed by atoms with Gasteiger partial charge in [-0.25, -0.2) is 0 Å². The quantitative estimate of drug-likeness (QED) is 0.664. The van der Waals surface area contributed by atoms with Crippen LogP contribution in [0.3, 0.4) is 0 Å². The largest absolute Gasteiger partial charge is 0.127 e. The van der Waals surface area contributed by atoms with Gasteiger partial charge < -0.3 is 0 Å². The van der Waals surface area contributed by atoms with E-state index in [0.29, 0.717) is 0 Å². The summed E-state index contributed by atoms with van der Waals surface area (Å²) in [6.45, 7) is 0. The van der Waals surface area contributed by atoms with Crippen molar-refractivity contribution < 1.29 is 0 Å². The van der Waals surface area contributed by atoms with E-state index in [1.54, 1.807) is 23.1 Å². The molecule has 0 N–H and O–H groups in total. The molecule has 2 rings (SSSR count). The summed E-state index contributed by atoms with van der Waals surface area (Å²) in [5.74, 6) is 0. The molecule has 13 heavy (non-hydrogen) atoms. The highest BCUT2D eigenvalue weighted by atomic mass is 79.9. The molecule has 1 aromatic carbocycles. The topological polar surface area (TPSA) is 0 Å². The summed E-state index contributed by atoms with van der Waals surface area (Å²) >= 11 is 13.1. The summed E-state index contributed by atoms with van der Waals surface area (Å²) in [5.41, 5.74) is 0. The van der Waals surface area contributed by atoms with Crippen LogP contribution in [-0.4, -0.2) is 6.26 Å². The summed E-state index contributed by atoms with van der Waals surface area (Å²) < 4.78 is 3.51. The minimum atomic E-state index is 0.883. The van der Waals surface area contributed by atoms with Gasteiger partial charge in [-0.1, -0.05) is 27.5 Å². The highest BCUT2D eigenvalue weighted by Crippen LogP contribution is 2.41. The Balaban J connectivity index is 2.77. The van der Waals surface area contributed by atoms with Crippen molar-refractivity contribution in [3.05, 3.63) is 27.7 Å². The molecule has 0 aliphatic heterocycles. The Labute approximate surface area is 98.4 Å². The summed E-state index contributed by atoms with van der Waals surface area (Å²) in [4.78, 5) is 0. The molecule has 0 atom stereocenters. The van der Waals surface area contributed by atoms with Crippen LogP contribution in [0.5, 0.6) is 0 Å². The van der Waals surface area contributed by atoms with Crippen molar-refractivity contribution >= 4 is 60.7 Å². The number of halogens is 2. The van der Waals surface area contributed by atoms with Gasteiger partial charge in [0, 0.05) is 14.6 Å². The lowest BCUT2D eigenvalue weighted by Gasteiger charge is -1.91. The van der Waals surface area contributed by atoms with Crippen molar-refractivity contribution in [3.63, 3.8) is 0 Å². The molecule has 4 heteroatoms. The van der Waals surface area contributed by atoms with Gasteiger partial charge in [0.2, 0.25) is 0 Å². The van der Waals surface area contributed by atoms with Crippen LogP contribution in [0.4, 0.5) is 0 Å². The smallest absolute Gasteiger partial charge is 0.0795 e. The molecule has 0 nitrogen and oxygen atoms in total. The molecule has 0 radical (unpaired) electrons. The number of benzene rings is 1.